The summed E-state index contributed by atoms with van der Waals surface area (Å²) in [5.41, 5.74) is 1.95. The van der Waals surface area contributed by atoms with Gasteiger partial charge in [0.05, 0.1) is 6.20 Å². The normalized spacial score (nSPS) is 10.6. The van der Waals surface area contributed by atoms with E-state index in [0.717, 1.165) is 0 Å². The summed E-state index contributed by atoms with van der Waals surface area (Å²) in [6.07, 6.45) is 1.22. The molecule has 1 N–H and O–H groups in total. The highest BCUT2D eigenvalue weighted by atomic mass is 19.1. The topological polar surface area (TPSA) is 72.6 Å². The number of benzene rings is 2. The molecule has 0 bridgehead atoms. The molecule has 0 spiro atoms. The van der Waals surface area contributed by atoms with Gasteiger partial charge in [0.2, 0.25) is 11.7 Å². The summed E-state index contributed by atoms with van der Waals surface area (Å²) in [4.78, 5) is 16.1. The first kappa shape index (κ1) is 15.7. The minimum absolute atomic E-state index is 0.142. The number of nitrogens with zero attached hydrogens (tertiary/aromatic N) is 1. The van der Waals surface area contributed by atoms with Crippen LogP contribution in [0.4, 0.5) is 4.39 Å². The van der Waals surface area contributed by atoms with Gasteiger partial charge in [0.25, 0.3) is 0 Å². The highest BCUT2D eigenvalue weighted by molar-refractivity contribution is 5.88. The fraction of sp³-hybridized carbons (Fsp3) is 0.111. The summed E-state index contributed by atoms with van der Waals surface area (Å²) < 4.78 is 23.9. The zero-order valence-electron chi connectivity index (χ0n) is 13.0. The van der Waals surface area contributed by atoms with E-state index in [0.29, 0.717) is 16.7 Å². The van der Waals surface area contributed by atoms with Crippen molar-refractivity contribution in [1.82, 2.24) is 4.98 Å². The number of carbonyl (C=O) groups excluding carboxylic acids is 1. The van der Waals surface area contributed by atoms with Gasteiger partial charge < -0.3 is 14.3 Å². The first-order valence-corrected chi connectivity index (χ1v) is 7.19. The van der Waals surface area contributed by atoms with Crippen LogP contribution in [0.15, 0.2) is 47.0 Å². The van der Waals surface area contributed by atoms with Gasteiger partial charge in [0.15, 0.2) is 11.6 Å². The van der Waals surface area contributed by atoms with Crippen molar-refractivity contribution in [3.63, 3.8) is 0 Å². The lowest BCUT2D eigenvalue weighted by Crippen LogP contribution is -2.08. The number of carbonyl (C=O) groups is 1. The lowest BCUT2D eigenvalue weighted by Gasteiger charge is -2.05. The third-order valence-electron chi connectivity index (χ3n) is 3.48. The number of para-hydroxylation sites is 1. The zero-order chi connectivity index (χ0) is 17.3. The Morgan fingerprint density at radius 2 is 1.88 bits per heavy atom. The highest BCUT2D eigenvalue weighted by Gasteiger charge is 2.18. The van der Waals surface area contributed by atoms with Crippen LogP contribution in [0.5, 0.6) is 11.5 Å². The molecule has 0 aliphatic heterocycles. The van der Waals surface area contributed by atoms with E-state index in [1.165, 1.54) is 24.4 Å². The van der Waals surface area contributed by atoms with Gasteiger partial charge in [0.1, 0.15) is 5.75 Å². The average molecular weight is 327 g/mol. The third kappa shape index (κ3) is 2.99. The number of aryl methyl sites for hydroxylation is 2. The molecule has 0 aliphatic rings. The van der Waals surface area contributed by atoms with Crippen molar-refractivity contribution in [2.24, 2.45) is 0 Å². The van der Waals surface area contributed by atoms with Crippen LogP contribution < -0.4 is 4.74 Å². The van der Waals surface area contributed by atoms with E-state index in [1.807, 2.05) is 0 Å². The maximum atomic E-state index is 13.5. The molecule has 122 valence electrons. The number of ether oxygens (including phenoxy) is 1. The molecule has 0 fully saturated rings. The second-order valence-electron chi connectivity index (χ2n) is 5.31. The van der Waals surface area contributed by atoms with Crippen molar-refractivity contribution in [2.45, 2.75) is 13.8 Å². The van der Waals surface area contributed by atoms with Crippen LogP contribution in [0, 0.1) is 19.7 Å². The SMILES string of the molecule is Cc1cc(-c2ncc(C(=O)Oc3ccccc3F)o2)cc(C)c1O. The highest BCUT2D eigenvalue weighted by Crippen LogP contribution is 2.29. The number of rotatable bonds is 3. The molecule has 0 saturated heterocycles. The third-order valence-corrected chi connectivity index (χ3v) is 3.48. The van der Waals surface area contributed by atoms with E-state index < -0.39 is 11.8 Å². The first-order valence-electron chi connectivity index (χ1n) is 7.19. The zero-order valence-corrected chi connectivity index (χ0v) is 13.0. The molecule has 0 atom stereocenters. The smallest absolute Gasteiger partial charge is 0.381 e. The summed E-state index contributed by atoms with van der Waals surface area (Å²) in [5, 5.41) is 9.80. The Morgan fingerprint density at radius 1 is 1.21 bits per heavy atom. The molecule has 3 aromatic rings. The second kappa shape index (κ2) is 6.16. The van der Waals surface area contributed by atoms with Crippen molar-refractivity contribution in [3.05, 3.63) is 65.3 Å². The molecule has 0 aliphatic carbocycles. The first-order chi connectivity index (χ1) is 11.5. The van der Waals surface area contributed by atoms with Crippen LogP contribution in [0.25, 0.3) is 11.5 Å². The van der Waals surface area contributed by atoms with Crippen molar-refractivity contribution in [1.29, 1.82) is 0 Å². The second-order valence-corrected chi connectivity index (χ2v) is 5.31. The average Bonchev–Trinajstić information content (AvgIpc) is 3.04. The van der Waals surface area contributed by atoms with Gasteiger partial charge in [-0.15, -0.1) is 0 Å². The molecule has 5 nitrogen and oxygen atoms in total. The number of aromatic nitrogens is 1. The Labute approximate surface area is 137 Å². The number of esters is 1. The van der Waals surface area contributed by atoms with Gasteiger partial charge in [0, 0.05) is 5.56 Å². The van der Waals surface area contributed by atoms with Crippen LogP contribution in [0.3, 0.4) is 0 Å². The molecule has 1 heterocycles. The molecule has 0 saturated carbocycles. The molecule has 3 rings (SSSR count). The molecule has 1 aromatic heterocycles. The predicted octanol–water partition coefficient (Wildman–Crippen LogP) is 4.02. The Morgan fingerprint density at radius 3 is 2.54 bits per heavy atom. The Bertz CT molecular complexity index is 894. The van der Waals surface area contributed by atoms with Crippen LogP contribution in [0.1, 0.15) is 21.7 Å². The van der Waals surface area contributed by atoms with Gasteiger partial charge in [-0.05, 0) is 49.2 Å². The summed E-state index contributed by atoms with van der Waals surface area (Å²) in [5.74, 6) is -1.40. The van der Waals surface area contributed by atoms with E-state index >= 15 is 0 Å². The fourth-order valence-corrected chi connectivity index (χ4v) is 2.26. The minimum Gasteiger partial charge on any atom is -0.507 e. The summed E-state index contributed by atoms with van der Waals surface area (Å²) in [6, 6.07) is 8.97. The standard InChI is InChI=1S/C18H14FNO4/c1-10-7-12(8-11(2)16(10)21)17-20-9-15(23-17)18(22)24-14-6-4-3-5-13(14)19/h3-9,21H,1-2H3. The molecule has 2 aromatic carbocycles. The van der Waals surface area contributed by atoms with Gasteiger partial charge >= 0.3 is 5.97 Å². The number of hydrogen-bond donors (Lipinski definition) is 1. The quantitative estimate of drug-likeness (QED) is 0.581. The van der Waals surface area contributed by atoms with Crippen LogP contribution in [-0.4, -0.2) is 16.1 Å². The molecule has 0 unspecified atom stereocenters. The summed E-state index contributed by atoms with van der Waals surface area (Å²) in [7, 11) is 0. The monoisotopic (exact) mass is 327 g/mol. The van der Waals surface area contributed by atoms with Crippen molar-refractivity contribution < 1.29 is 23.4 Å². The molecular weight excluding hydrogens is 313 g/mol. The van der Waals surface area contributed by atoms with Crippen molar-refractivity contribution in [2.75, 3.05) is 0 Å². The number of aromatic hydroxyl groups is 1. The summed E-state index contributed by atoms with van der Waals surface area (Å²) >= 11 is 0. The van der Waals surface area contributed by atoms with E-state index in [9.17, 15) is 14.3 Å². The Balaban J connectivity index is 1.85. The van der Waals surface area contributed by atoms with E-state index in [4.69, 9.17) is 9.15 Å². The van der Waals surface area contributed by atoms with E-state index in [2.05, 4.69) is 4.98 Å². The molecule has 24 heavy (non-hydrogen) atoms. The van der Waals surface area contributed by atoms with Gasteiger partial charge in [-0.1, -0.05) is 12.1 Å². The largest absolute Gasteiger partial charge is 0.507 e. The van der Waals surface area contributed by atoms with E-state index in [-0.39, 0.29) is 23.1 Å². The number of hydrogen-bond acceptors (Lipinski definition) is 5. The van der Waals surface area contributed by atoms with Crippen LogP contribution in [0.2, 0.25) is 0 Å². The van der Waals surface area contributed by atoms with Gasteiger partial charge in [-0.3, -0.25) is 0 Å². The lowest BCUT2D eigenvalue weighted by atomic mass is 10.1. The number of phenolic OH excluding ortho intramolecular Hbond substituents is 1. The minimum atomic E-state index is -0.842. The number of halogens is 1. The predicted molar refractivity (Wildman–Crippen MR) is 84.4 cm³/mol. The molecular formula is C18H14FNO4. The van der Waals surface area contributed by atoms with Gasteiger partial charge in [-0.25, -0.2) is 14.2 Å². The number of phenols is 1. The number of oxazole rings is 1. The van der Waals surface area contributed by atoms with Crippen molar-refractivity contribution in [3.8, 4) is 23.0 Å². The Hall–Kier alpha value is -3.15. The molecule has 0 amide bonds. The van der Waals surface area contributed by atoms with Gasteiger partial charge in [-0.2, -0.15) is 0 Å². The molecule has 0 radical (unpaired) electrons. The maximum absolute atomic E-state index is 13.5. The van der Waals surface area contributed by atoms with Crippen LogP contribution >= 0.6 is 0 Å². The Kier molecular flexibility index (Phi) is 4.04. The molecule has 6 heteroatoms. The van der Waals surface area contributed by atoms with Crippen molar-refractivity contribution >= 4 is 5.97 Å². The van der Waals surface area contributed by atoms with Crippen LogP contribution in [-0.2, 0) is 0 Å². The fourth-order valence-electron chi connectivity index (χ4n) is 2.26. The summed E-state index contributed by atoms with van der Waals surface area (Å²) in [6.45, 7) is 3.50. The van der Waals surface area contributed by atoms with E-state index in [1.54, 1.807) is 32.0 Å². The lowest BCUT2D eigenvalue weighted by molar-refractivity contribution is 0.0695. The maximum Gasteiger partial charge on any atom is 0.381 e.